The third kappa shape index (κ3) is 6.56. The number of hydrogen-bond acceptors (Lipinski definition) is 4. The fraction of sp³-hybridized carbons (Fsp3) is 0.778. The van der Waals surface area contributed by atoms with E-state index in [0.717, 1.165) is 36.8 Å². The zero-order valence-corrected chi connectivity index (χ0v) is 16.1. The molecule has 0 unspecified atom stereocenters. The number of esters is 2. The minimum Gasteiger partial charge on any atom is -0.461 e. The van der Waals surface area contributed by atoms with Gasteiger partial charge in [0.15, 0.2) is 6.61 Å². The van der Waals surface area contributed by atoms with Crippen LogP contribution in [0.15, 0.2) is 11.1 Å². The van der Waals surface area contributed by atoms with Crippen LogP contribution in [0, 0.1) is 0 Å². The van der Waals surface area contributed by atoms with Crippen LogP contribution < -0.4 is 0 Å². The van der Waals surface area contributed by atoms with E-state index in [0.29, 0.717) is 0 Å². The fourth-order valence-corrected chi connectivity index (χ4v) is 2.65. The van der Waals surface area contributed by atoms with E-state index in [4.69, 9.17) is 4.74 Å². The first-order valence-corrected chi connectivity index (χ1v) is 9.12. The van der Waals surface area contributed by atoms with Gasteiger partial charge < -0.3 is 9.47 Å². The van der Waals surface area contributed by atoms with E-state index in [1.807, 2.05) is 6.92 Å². The highest BCUT2D eigenvalue weighted by Gasteiger charge is 2.75. The van der Waals surface area contributed by atoms with Crippen molar-refractivity contribution in [2.75, 3.05) is 13.2 Å². The number of hydrogen-bond donors (Lipinski definition) is 0. The molecule has 174 valence electrons. The molecule has 0 heterocycles. The van der Waals surface area contributed by atoms with E-state index in [1.54, 1.807) is 0 Å². The molecule has 1 aliphatic carbocycles. The molecule has 0 radical (unpaired) electrons. The summed E-state index contributed by atoms with van der Waals surface area (Å²) in [5, 5.41) is 0. The minimum absolute atomic E-state index is 0.0920. The third-order valence-electron chi connectivity index (χ3n) is 4.62. The molecule has 0 aromatic rings. The van der Waals surface area contributed by atoms with Gasteiger partial charge in [-0.3, -0.25) is 9.59 Å². The Bertz CT molecular complexity index is 646. The highest BCUT2D eigenvalue weighted by atomic mass is 19.4. The molecule has 0 bridgehead atoms. The molecule has 1 rings (SSSR count). The lowest BCUT2D eigenvalue weighted by Gasteiger charge is -2.31. The second-order valence-electron chi connectivity index (χ2n) is 6.97. The lowest BCUT2D eigenvalue weighted by Crippen LogP contribution is -2.59. The maximum absolute atomic E-state index is 13.3. The molecule has 0 spiro atoms. The maximum atomic E-state index is 13.3. The first-order chi connectivity index (χ1) is 13.7. The molecule has 0 aromatic carbocycles. The molecule has 0 fully saturated rings. The van der Waals surface area contributed by atoms with Crippen molar-refractivity contribution in [3.05, 3.63) is 11.1 Å². The quantitative estimate of drug-likeness (QED) is 0.241. The standard InChI is InChI=1S/C18H22F8O4/c1-11-5-2-3-6-12(11)9-29-13(27)7-4-8-14(28)30-10-16(21,22)18(25,26)17(23,24)15(19)20/h15H,2-10H2,1H3. The van der Waals surface area contributed by atoms with E-state index in [1.165, 1.54) is 0 Å². The Morgan fingerprint density at radius 3 is 2.00 bits per heavy atom. The molecule has 1 aliphatic rings. The molecule has 0 aliphatic heterocycles. The summed E-state index contributed by atoms with van der Waals surface area (Å²) < 4.78 is 111. The first kappa shape index (κ1) is 26.2. The Hall–Kier alpha value is -1.88. The predicted octanol–water partition coefficient (Wildman–Crippen LogP) is 5.30. The van der Waals surface area contributed by atoms with Crippen molar-refractivity contribution in [3.63, 3.8) is 0 Å². The Kier molecular flexibility index (Phi) is 9.09. The van der Waals surface area contributed by atoms with E-state index < -0.39 is 49.2 Å². The lowest BCUT2D eigenvalue weighted by molar-refractivity contribution is -0.344. The Balaban J connectivity index is 2.39. The van der Waals surface area contributed by atoms with Gasteiger partial charge in [-0.25, -0.2) is 8.78 Å². The van der Waals surface area contributed by atoms with Crippen LogP contribution in [0.5, 0.6) is 0 Å². The van der Waals surface area contributed by atoms with Crippen molar-refractivity contribution >= 4 is 11.9 Å². The fourth-order valence-electron chi connectivity index (χ4n) is 2.65. The Morgan fingerprint density at radius 2 is 1.47 bits per heavy atom. The van der Waals surface area contributed by atoms with Crippen molar-refractivity contribution in [2.24, 2.45) is 0 Å². The van der Waals surface area contributed by atoms with Gasteiger partial charge >= 0.3 is 36.1 Å². The molecule has 0 amide bonds. The highest BCUT2D eigenvalue weighted by Crippen LogP contribution is 2.48. The van der Waals surface area contributed by atoms with Crippen LogP contribution in [0.25, 0.3) is 0 Å². The summed E-state index contributed by atoms with van der Waals surface area (Å²) in [7, 11) is 0. The summed E-state index contributed by atoms with van der Waals surface area (Å²) in [6.45, 7) is -0.497. The smallest absolute Gasteiger partial charge is 0.381 e. The van der Waals surface area contributed by atoms with E-state index >= 15 is 0 Å². The van der Waals surface area contributed by atoms with Gasteiger partial charge in [0.05, 0.1) is 0 Å². The predicted molar refractivity (Wildman–Crippen MR) is 87.8 cm³/mol. The van der Waals surface area contributed by atoms with Gasteiger partial charge in [-0.05, 0) is 44.6 Å². The van der Waals surface area contributed by atoms with E-state index in [-0.39, 0.29) is 19.4 Å². The van der Waals surface area contributed by atoms with E-state index in [2.05, 4.69) is 4.74 Å². The summed E-state index contributed by atoms with van der Waals surface area (Å²) in [6, 6.07) is 0. The number of halogens is 8. The second kappa shape index (κ2) is 10.4. The zero-order valence-electron chi connectivity index (χ0n) is 16.1. The summed E-state index contributed by atoms with van der Waals surface area (Å²) in [4.78, 5) is 23.0. The molecule has 0 saturated carbocycles. The average Bonchev–Trinajstić information content (AvgIpc) is 2.65. The number of alkyl halides is 8. The first-order valence-electron chi connectivity index (χ1n) is 9.12. The van der Waals surface area contributed by atoms with Crippen LogP contribution in [0.4, 0.5) is 35.1 Å². The topological polar surface area (TPSA) is 52.6 Å². The summed E-state index contributed by atoms with van der Waals surface area (Å²) in [6.07, 6.45) is -2.50. The molecule has 0 N–H and O–H groups in total. The Morgan fingerprint density at radius 1 is 0.933 bits per heavy atom. The van der Waals surface area contributed by atoms with Gasteiger partial charge in [0.1, 0.15) is 6.61 Å². The number of allylic oxidation sites excluding steroid dienone is 1. The summed E-state index contributed by atoms with van der Waals surface area (Å²) in [5.41, 5.74) is 2.13. The normalized spacial score (nSPS) is 16.1. The molecule has 0 aromatic heterocycles. The zero-order chi connectivity index (χ0) is 23.2. The van der Waals surface area contributed by atoms with Crippen LogP contribution in [-0.4, -0.2) is 49.3 Å². The van der Waals surface area contributed by atoms with Crippen LogP contribution >= 0.6 is 0 Å². The number of carbonyl (C=O) groups excluding carboxylic acids is 2. The van der Waals surface area contributed by atoms with Crippen molar-refractivity contribution in [3.8, 4) is 0 Å². The van der Waals surface area contributed by atoms with Gasteiger partial charge in [-0.15, -0.1) is 0 Å². The van der Waals surface area contributed by atoms with Crippen molar-refractivity contribution < 1.29 is 54.2 Å². The monoisotopic (exact) mass is 454 g/mol. The summed E-state index contributed by atoms with van der Waals surface area (Å²) >= 11 is 0. The summed E-state index contributed by atoms with van der Waals surface area (Å²) in [5.74, 6) is -20.7. The van der Waals surface area contributed by atoms with Gasteiger partial charge in [-0.2, -0.15) is 26.3 Å². The minimum atomic E-state index is -6.44. The number of ether oxygens (including phenoxy) is 2. The number of rotatable bonds is 11. The molecule has 0 saturated heterocycles. The van der Waals surface area contributed by atoms with Crippen molar-refractivity contribution in [1.82, 2.24) is 0 Å². The Labute approximate surface area is 167 Å². The van der Waals surface area contributed by atoms with Gasteiger partial charge in [0.25, 0.3) is 0 Å². The molecule has 4 nitrogen and oxygen atoms in total. The van der Waals surface area contributed by atoms with Crippen LogP contribution in [0.3, 0.4) is 0 Å². The van der Waals surface area contributed by atoms with Crippen LogP contribution in [0.1, 0.15) is 51.9 Å². The van der Waals surface area contributed by atoms with E-state index in [9.17, 15) is 44.7 Å². The van der Waals surface area contributed by atoms with Crippen LogP contribution in [0.2, 0.25) is 0 Å². The van der Waals surface area contributed by atoms with Gasteiger partial charge in [0.2, 0.25) is 0 Å². The molecule has 30 heavy (non-hydrogen) atoms. The maximum Gasteiger partial charge on any atom is 0.381 e. The van der Waals surface area contributed by atoms with Gasteiger partial charge in [0, 0.05) is 12.8 Å². The van der Waals surface area contributed by atoms with Crippen molar-refractivity contribution in [1.29, 1.82) is 0 Å². The average molecular weight is 454 g/mol. The number of carbonyl (C=O) groups is 2. The molecular formula is C18H22F8O4. The van der Waals surface area contributed by atoms with Crippen molar-refractivity contribution in [2.45, 2.75) is 76.1 Å². The van der Waals surface area contributed by atoms with Crippen LogP contribution in [-0.2, 0) is 19.1 Å². The molecule has 12 heteroatoms. The van der Waals surface area contributed by atoms with Gasteiger partial charge in [-0.1, -0.05) is 5.57 Å². The molecular weight excluding hydrogens is 432 g/mol. The second-order valence-corrected chi connectivity index (χ2v) is 6.97. The molecule has 0 atom stereocenters. The lowest BCUT2D eigenvalue weighted by atomic mass is 9.93. The highest BCUT2D eigenvalue weighted by molar-refractivity contribution is 5.72. The third-order valence-corrected chi connectivity index (χ3v) is 4.62. The SMILES string of the molecule is CC1=C(COC(=O)CCCC(=O)OCC(F)(F)C(F)(F)C(F)(F)C(F)F)CCCC1. The largest absolute Gasteiger partial charge is 0.461 e.